The Balaban J connectivity index is 1.35. The van der Waals surface area contributed by atoms with Crippen molar-refractivity contribution in [3.8, 4) is 10.6 Å². The Morgan fingerprint density at radius 3 is 2.50 bits per heavy atom. The average molecular weight is 638 g/mol. The Bertz CT molecular complexity index is 1390. The summed E-state index contributed by atoms with van der Waals surface area (Å²) in [5.41, 5.74) is 1.52. The van der Waals surface area contributed by atoms with Crippen molar-refractivity contribution >= 4 is 45.6 Å². The molecule has 18 heteroatoms. The molecule has 0 radical (unpaired) electrons. The van der Waals surface area contributed by atoms with Crippen LogP contribution in [0.4, 0.5) is 42.1 Å². The zero-order valence-electron chi connectivity index (χ0n) is 22.2. The maximum absolute atomic E-state index is 13.9. The monoisotopic (exact) mass is 637 g/mol. The summed E-state index contributed by atoms with van der Waals surface area (Å²) in [5.74, 6) is -0.595. The number of nitrogens with zero attached hydrogens (tertiary/aromatic N) is 5. The summed E-state index contributed by atoms with van der Waals surface area (Å²) in [4.78, 5) is 40.6. The molecule has 228 valence electrons. The van der Waals surface area contributed by atoms with Crippen LogP contribution in [0.25, 0.3) is 10.6 Å². The van der Waals surface area contributed by atoms with Crippen LogP contribution >= 0.6 is 22.7 Å². The minimum Gasteiger partial charge on any atom is -0.448 e. The Kier molecular flexibility index (Phi) is 9.56. The number of aryl methyl sites for hydroxylation is 2. The molecule has 10 nitrogen and oxygen atoms in total. The molecular formula is C24H25F6N7O3S2. The van der Waals surface area contributed by atoms with Crippen LogP contribution in [0.2, 0.25) is 0 Å². The normalized spacial score (nSPS) is 16.0. The van der Waals surface area contributed by atoms with E-state index in [1.807, 2.05) is 24.5 Å². The van der Waals surface area contributed by atoms with Crippen LogP contribution in [0.5, 0.6) is 0 Å². The molecule has 1 saturated heterocycles. The quantitative estimate of drug-likeness (QED) is 0.262. The smallest absolute Gasteiger partial charge is 0.410 e. The van der Waals surface area contributed by atoms with Crippen molar-refractivity contribution in [2.75, 3.05) is 44.6 Å². The number of alkyl halides is 6. The second-order valence-corrected chi connectivity index (χ2v) is 11.2. The van der Waals surface area contributed by atoms with E-state index in [9.17, 15) is 35.9 Å². The highest BCUT2D eigenvalue weighted by Crippen LogP contribution is 2.33. The molecule has 0 spiro atoms. The number of hydrogen-bond acceptors (Lipinski definition) is 10. The first-order chi connectivity index (χ1) is 19.7. The molecule has 0 aromatic carbocycles. The first kappa shape index (κ1) is 31.4. The lowest BCUT2D eigenvalue weighted by Gasteiger charge is -2.41. The molecule has 4 rings (SSSR count). The average Bonchev–Trinajstić information content (AvgIpc) is 3.51. The fraction of sp³-hybridized carbons (Fsp3) is 0.458. The van der Waals surface area contributed by atoms with Crippen molar-refractivity contribution in [1.29, 1.82) is 0 Å². The summed E-state index contributed by atoms with van der Waals surface area (Å²) in [6.45, 7) is 0.103. The highest BCUT2D eigenvalue weighted by atomic mass is 32.1. The molecule has 1 aliphatic rings. The van der Waals surface area contributed by atoms with Crippen LogP contribution < -0.4 is 10.6 Å². The molecule has 0 saturated carbocycles. The van der Waals surface area contributed by atoms with Crippen molar-refractivity contribution in [1.82, 2.24) is 30.1 Å². The lowest BCUT2D eigenvalue weighted by atomic mass is 10.1. The first-order valence-corrected chi connectivity index (χ1v) is 14.1. The number of halogens is 6. The second kappa shape index (κ2) is 12.8. The number of rotatable bonds is 8. The highest BCUT2D eigenvalue weighted by Gasteiger charge is 2.49. The van der Waals surface area contributed by atoms with E-state index in [0.717, 1.165) is 32.4 Å². The maximum Gasteiger partial charge on any atom is 0.410 e. The van der Waals surface area contributed by atoms with Crippen molar-refractivity contribution < 1.29 is 40.7 Å². The zero-order valence-corrected chi connectivity index (χ0v) is 23.8. The Morgan fingerprint density at radius 2 is 1.88 bits per heavy atom. The van der Waals surface area contributed by atoms with Gasteiger partial charge in [-0.05, 0) is 26.0 Å². The van der Waals surface area contributed by atoms with E-state index in [-0.39, 0.29) is 18.7 Å². The van der Waals surface area contributed by atoms with Crippen LogP contribution in [0, 0.1) is 13.8 Å². The van der Waals surface area contributed by atoms with Gasteiger partial charge in [-0.25, -0.2) is 19.7 Å². The Labute approximate surface area is 243 Å². The Hall–Kier alpha value is -3.51. The SMILES string of the molecule is Cc1nc(C)c(-c2csc(Nc3ccc(C(=O)N4CCN(C(=O)OCCNCC(F)(F)F)CC4C(F)(F)F)cn3)n2)s1. The summed E-state index contributed by atoms with van der Waals surface area (Å²) in [5, 5.41) is 8.32. The minimum atomic E-state index is -4.87. The minimum absolute atomic E-state index is 0.0860. The number of carbonyl (C=O) groups excluding carboxylic acids is 2. The predicted octanol–water partition coefficient (Wildman–Crippen LogP) is 5.00. The number of nitrogens with one attached hydrogen (secondary N) is 2. The third kappa shape index (κ3) is 8.07. The molecule has 2 amide bonds. The molecule has 42 heavy (non-hydrogen) atoms. The van der Waals surface area contributed by atoms with Crippen molar-refractivity contribution in [2.24, 2.45) is 0 Å². The Morgan fingerprint density at radius 1 is 1.12 bits per heavy atom. The van der Waals surface area contributed by atoms with Crippen LogP contribution in [0.3, 0.4) is 0 Å². The van der Waals surface area contributed by atoms with Gasteiger partial charge in [0.1, 0.15) is 18.5 Å². The standard InChI is InChI=1S/C24H25F6N7O3S2/c1-13-19(42-14(2)33-13)16-11-41-21(34-16)35-18-4-3-15(9-32-18)20(38)37-7-6-36(10-17(37)24(28,29)30)22(39)40-8-5-31-12-23(25,26)27/h3-4,9,11,17,31H,5-8,10,12H2,1-2H3,(H,32,34,35). The number of thiazole rings is 2. The highest BCUT2D eigenvalue weighted by molar-refractivity contribution is 7.16. The number of pyridine rings is 1. The summed E-state index contributed by atoms with van der Waals surface area (Å²) >= 11 is 2.85. The van der Waals surface area contributed by atoms with Crippen molar-refractivity contribution in [3.05, 3.63) is 40.0 Å². The lowest BCUT2D eigenvalue weighted by molar-refractivity contribution is -0.186. The van der Waals surface area contributed by atoms with Crippen LogP contribution in [-0.4, -0.2) is 94.5 Å². The first-order valence-electron chi connectivity index (χ1n) is 12.4. The molecule has 1 atom stereocenters. The molecule has 2 N–H and O–H groups in total. The lowest BCUT2D eigenvalue weighted by Crippen LogP contribution is -2.61. The fourth-order valence-electron chi connectivity index (χ4n) is 4.08. The molecule has 1 aliphatic heterocycles. The largest absolute Gasteiger partial charge is 0.448 e. The summed E-state index contributed by atoms with van der Waals surface area (Å²) in [6, 6.07) is 0.463. The van der Waals surface area contributed by atoms with Crippen LogP contribution in [0.15, 0.2) is 23.7 Å². The number of anilines is 2. The molecule has 1 unspecified atom stereocenters. The van der Waals surface area contributed by atoms with Gasteiger partial charge in [0.25, 0.3) is 5.91 Å². The summed E-state index contributed by atoms with van der Waals surface area (Å²) in [6.07, 6.45) is -9.29. The van der Waals surface area contributed by atoms with E-state index in [1.54, 1.807) is 0 Å². The van der Waals surface area contributed by atoms with Gasteiger partial charge in [-0.2, -0.15) is 26.3 Å². The van der Waals surface area contributed by atoms with Gasteiger partial charge in [0.05, 0.1) is 39.9 Å². The number of hydrogen-bond donors (Lipinski definition) is 2. The summed E-state index contributed by atoms with van der Waals surface area (Å²) in [7, 11) is 0. The van der Waals surface area contributed by atoms with E-state index >= 15 is 0 Å². The topological polar surface area (TPSA) is 113 Å². The molecule has 0 bridgehead atoms. The van der Waals surface area contributed by atoms with E-state index in [1.165, 1.54) is 34.8 Å². The number of ether oxygens (including phenoxy) is 1. The van der Waals surface area contributed by atoms with E-state index in [4.69, 9.17) is 4.74 Å². The van der Waals surface area contributed by atoms with Gasteiger partial charge in [-0.3, -0.25) is 4.79 Å². The number of aromatic nitrogens is 3. The van der Waals surface area contributed by atoms with Gasteiger partial charge in [-0.1, -0.05) is 0 Å². The molecular weight excluding hydrogens is 612 g/mol. The van der Waals surface area contributed by atoms with Crippen molar-refractivity contribution in [2.45, 2.75) is 32.2 Å². The third-order valence-corrected chi connectivity index (χ3v) is 7.85. The van der Waals surface area contributed by atoms with Gasteiger partial charge < -0.3 is 25.2 Å². The fourth-order valence-corrected chi connectivity index (χ4v) is 5.74. The molecule has 4 heterocycles. The van der Waals surface area contributed by atoms with Gasteiger partial charge in [-0.15, -0.1) is 22.7 Å². The van der Waals surface area contributed by atoms with Crippen molar-refractivity contribution in [3.63, 3.8) is 0 Å². The van der Waals surface area contributed by atoms with E-state index < -0.39 is 56.6 Å². The zero-order chi connectivity index (χ0) is 30.7. The number of carbonyl (C=O) groups is 2. The molecule has 1 fully saturated rings. The molecule has 3 aromatic heterocycles. The van der Waals surface area contributed by atoms with E-state index in [2.05, 4.69) is 20.3 Å². The van der Waals surface area contributed by atoms with E-state index in [0.29, 0.717) is 15.8 Å². The van der Waals surface area contributed by atoms with Gasteiger partial charge >= 0.3 is 18.4 Å². The second-order valence-electron chi connectivity index (χ2n) is 9.15. The predicted molar refractivity (Wildman–Crippen MR) is 143 cm³/mol. The summed E-state index contributed by atoms with van der Waals surface area (Å²) < 4.78 is 83.0. The molecule has 0 aliphatic carbocycles. The number of amides is 2. The van der Waals surface area contributed by atoms with Crippen LogP contribution in [-0.2, 0) is 4.74 Å². The number of piperazine rings is 1. The molecule has 3 aromatic rings. The van der Waals surface area contributed by atoms with Crippen LogP contribution in [0.1, 0.15) is 21.1 Å². The maximum atomic E-state index is 13.9. The van der Waals surface area contributed by atoms with Gasteiger partial charge in [0.2, 0.25) is 0 Å². The van der Waals surface area contributed by atoms with Gasteiger partial charge in [0, 0.05) is 31.2 Å². The third-order valence-electron chi connectivity index (χ3n) is 5.99. The van der Waals surface area contributed by atoms with Gasteiger partial charge in [0.15, 0.2) is 5.13 Å².